The summed E-state index contributed by atoms with van der Waals surface area (Å²) in [5.41, 5.74) is 5.12. The smallest absolute Gasteiger partial charge is 0.393 e. The molecule has 9 heteroatoms. The summed E-state index contributed by atoms with van der Waals surface area (Å²) in [6.07, 6.45) is 7.29. The fourth-order valence-electron chi connectivity index (χ4n) is 6.62. The monoisotopic (exact) mass is 837 g/mol. The number of nitrogens with zero attached hydrogens (tertiary/aromatic N) is 2. The van der Waals surface area contributed by atoms with Gasteiger partial charge in [0.15, 0.2) is 6.20 Å². The van der Waals surface area contributed by atoms with Crippen LogP contribution in [-0.4, -0.2) is 39.6 Å². The van der Waals surface area contributed by atoms with Crippen molar-refractivity contribution in [3.8, 4) is 0 Å². The number of aliphatic hydroxyl groups excluding tert-OH is 2. The van der Waals surface area contributed by atoms with E-state index in [-0.39, 0.29) is 51.4 Å². The van der Waals surface area contributed by atoms with E-state index in [4.69, 9.17) is 19.7 Å². The van der Waals surface area contributed by atoms with Crippen molar-refractivity contribution in [3.63, 3.8) is 0 Å². The molecule has 0 amide bonds. The molecule has 4 aromatic rings. The number of hydrogen-bond donors (Lipinski definition) is 2. The van der Waals surface area contributed by atoms with Crippen molar-refractivity contribution in [1.82, 2.24) is 4.98 Å². The summed E-state index contributed by atoms with van der Waals surface area (Å²) in [5.74, 6) is -0.505. The molecule has 0 aliphatic carbocycles. The van der Waals surface area contributed by atoms with Gasteiger partial charge in [0, 0.05) is 55.2 Å². The molecule has 7 unspecified atom stereocenters. The van der Waals surface area contributed by atoms with E-state index in [1.807, 2.05) is 41.9 Å². The molecule has 2 aromatic heterocycles. The fourth-order valence-corrected chi connectivity index (χ4v) is 9.33. The van der Waals surface area contributed by atoms with Crippen molar-refractivity contribution < 1.29 is 45.3 Å². The molecule has 0 saturated carbocycles. The molecule has 1 fully saturated rings. The Morgan fingerprint density at radius 1 is 0.870 bits per heavy atom. The Hall–Kier alpha value is -2.16. The maximum absolute atomic E-state index is 8.56. The molecule has 8 rings (SSSR count). The zero-order valence-corrected chi connectivity index (χ0v) is 30.4. The standard InChI is InChI=1S/C19H20NO2S.C13H10NS.C5H12O2.Pt/c1-12-11-13(2)22-19(21-12)17-14-7-3-4-9-16(14)23-18(17)15-8-5-6-10-20(15)19;1-2-7-12-10(5-1)9-13(15-12)11-6-3-4-8-14-11;1-4(6)3-5(2)7;/h3-10,12-13,17-18H,11H2,1-2H3;1-9,13H;4-7H,3H2,1-2H3;/q+1;-1;;. The minimum Gasteiger partial charge on any atom is -0.393 e. The first kappa shape index (κ1) is 35.2. The van der Waals surface area contributed by atoms with Gasteiger partial charge in [0.2, 0.25) is 5.69 Å². The number of fused-ring (bicyclic) bond motifs is 8. The minimum absolute atomic E-state index is 0. The van der Waals surface area contributed by atoms with E-state index in [0.29, 0.717) is 16.9 Å². The molecule has 0 bridgehead atoms. The molecule has 46 heavy (non-hydrogen) atoms. The quantitative estimate of drug-likeness (QED) is 0.165. The number of ether oxygens (including phenoxy) is 2. The van der Waals surface area contributed by atoms with Crippen LogP contribution in [0.5, 0.6) is 0 Å². The summed E-state index contributed by atoms with van der Waals surface area (Å²) in [4.78, 5) is 7.10. The van der Waals surface area contributed by atoms with Crippen LogP contribution in [0.2, 0.25) is 0 Å². The third kappa shape index (κ3) is 7.44. The summed E-state index contributed by atoms with van der Waals surface area (Å²) in [6, 6.07) is 29.7. The van der Waals surface area contributed by atoms with Gasteiger partial charge in [0.05, 0.1) is 24.4 Å². The molecule has 246 valence electrons. The summed E-state index contributed by atoms with van der Waals surface area (Å²) in [5, 5.41) is 17.9. The average Bonchev–Trinajstić information content (AvgIpc) is 3.69. The topological polar surface area (TPSA) is 75.7 Å². The summed E-state index contributed by atoms with van der Waals surface area (Å²) in [6.45, 7) is 7.63. The molecule has 1 saturated heterocycles. The molecule has 1 spiro atoms. The molecule has 6 heterocycles. The van der Waals surface area contributed by atoms with Crippen LogP contribution in [0.15, 0.2) is 107 Å². The Balaban J connectivity index is 0.000000156. The zero-order chi connectivity index (χ0) is 31.6. The van der Waals surface area contributed by atoms with E-state index in [1.54, 1.807) is 13.8 Å². The van der Waals surface area contributed by atoms with Gasteiger partial charge in [-0.1, -0.05) is 41.3 Å². The van der Waals surface area contributed by atoms with Gasteiger partial charge in [0.25, 0.3) is 0 Å². The van der Waals surface area contributed by atoms with Gasteiger partial charge < -0.3 is 10.2 Å². The second-order valence-electron chi connectivity index (χ2n) is 12.2. The van der Waals surface area contributed by atoms with Crippen LogP contribution in [0.1, 0.15) is 79.5 Å². The first-order chi connectivity index (χ1) is 21.7. The van der Waals surface area contributed by atoms with Gasteiger partial charge in [-0.05, 0) is 64.3 Å². The number of aromatic nitrogens is 2. The van der Waals surface area contributed by atoms with Crippen LogP contribution in [0.4, 0.5) is 0 Å². The van der Waals surface area contributed by atoms with Gasteiger partial charge in [-0.15, -0.1) is 28.5 Å². The van der Waals surface area contributed by atoms with Crippen LogP contribution < -0.4 is 4.57 Å². The van der Waals surface area contributed by atoms with Crippen LogP contribution >= 0.6 is 23.5 Å². The Morgan fingerprint density at radius 3 is 2.17 bits per heavy atom. The number of thioether (sulfide) groups is 2. The number of hydrogen-bond acceptors (Lipinski definition) is 7. The SMILES string of the molecule is CC(O)CC(C)O.CC1CC(C)OC2(O1)C1c3ccccc3SC1c1cccc[n+]12.[Pt].c1ccc(C2[CH-]c3ccccc3S2)nc1. The van der Waals surface area contributed by atoms with E-state index in [0.717, 1.165) is 12.1 Å². The molecule has 7 atom stereocenters. The van der Waals surface area contributed by atoms with Gasteiger partial charge in [0.1, 0.15) is 11.2 Å². The van der Waals surface area contributed by atoms with Crippen LogP contribution in [-0.2, 0) is 36.5 Å². The van der Waals surface area contributed by atoms with E-state index in [9.17, 15) is 0 Å². The van der Waals surface area contributed by atoms with Crippen LogP contribution in [0.3, 0.4) is 0 Å². The predicted molar refractivity (Wildman–Crippen MR) is 179 cm³/mol. The van der Waals surface area contributed by atoms with E-state index >= 15 is 0 Å². The third-order valence-electron chi connectivity index (χ3n) is 8.29. The first-order valence-corrected chi connectivity index (χ1v) is 17.5. The zero-order valence-electron chi connectivity index (χ0n) is 26.5. The van der Waals surface area contributed by atoms with Crippen LogP contribution in [0, 0.1) is 6.42 Å². The molecule has 4 aliphatic rings. The first-order valence-electron chi connectivity index (χ1n) is 15.7. The Bertz CT molecular complexity index is 1550. The minimum atomic E-state index is -0.710. The largest absolute Gasteiger partial charge is 0.400 e. The number of benzene rings is 2. The maximum atomic E-state index is 8.56. The van der Waals surface area contributed by atoms with Crippen molar-refractivity contribution in [3.05, 3.63) is 126 Å². The normalized spacial score (nSPS) is 27.6. The van der Waals surface area contributed by atoms with Crippen molar-refractivity contribution in [2.75, 3.05) is 0 Å². The predicted octanol–water partition coefficient (Wildman–Crippen LogP) is 7.36. The second-order valence-corrected chi connectivity index (χ2v) is 14.6. The Morgan fingerprint density at radius 2 is 1.52 bits per heavy atom. The third-order valence-corrected chi connectivity index (χ3v) is 10.9. The van der Waals surface area contributed by atoms with E-state index in [1.165, 1.54) is 26.6 Å². The summed E-state index contributed by atoms with van der Waals surface area (Å²) in [7, 11) is 0. The second kappa shape index (κ2) is 15.4. The van der Waals surface area contributed by atoms with Gasteiger partial charge in [-0.3, -0.25) is 14.5 Å². The Labute approximate surface area is 295 Å². The van der Waals surface area contributed by atoms with Gasteiger partial charge in [-0.25, -0.2) is 0 Å². The Kier molecular flexibility index (Phi) is 11.7. The fraction of sp³-hybridized carbons (Fsp3) is 0.378. The van der Waals surface area contributed by atoms with Crippen molar-refractivity contribution in [2.45, 2.75) is 97.1 Å². The molecule has 2 aromatic carbocycles. The van der Waals surface area contributed by atoms with Crippen LogP contribution in [0.25, 0.3) is 0 Å². The number of pyridine rings is 2. The molecule has 0 radical (unpaired) electrons. The summed E-state index contributed by atoms with van der Waals surface area (Å²) >= 11 is 3.81. The summed E-state index contributed by atoms with van der Waals surface area (Å²) < 4.78 is 15.3. The molecule has 2 N–H and O–H groups in total. The number of rotatable bonds is 3. The van der Waals surface area contributed by atoms with E-state index in [2.05, 4.69) is 109 Å². The number of aliphatic hydroxyl groups is 2. The molecular formula is C37H42N2O4PtS2. The van der Waals surface area contributed by atoms with Crippen molar-refractivity contribution in [2.24, 2.45) is 0 Å². The van der Waals surface area contributed by atoms with Crippen molar-refractivity contribution >= 4 is 23.5 Å². The molecule has 4 aliphatic heterocycles. The average molecular weight is 838 g/mol. The van der Waals surface area contributed by atoms with E-state index < -0.39 is 5.91 Å². The van der Waals surface area contributed by atoms with Gasteiger partial charge in [-0.2, -0.15) is 29.8 Å². The molecular weight excluding hydrogens is 796 g/mol. The van der Waals surface area contributed by atoms with Crippen molar-refractivity contribution in [1.29, 1.82) is 0 Å². The molecule has 6 nitrogen and oxygen atoms in total. The maximum Gasteiger partial charge on any atom is 0.400 e. The van der Waals surface area contributed by atoms with Gasteiger partial charge >= 0.3 is 5.91 Å².